The third kappa shape index (κ3) is 4.31. The molecule has 0 radical (unpaired) electrons. The van der Waals surface area contributed by atoms with Gasteiger partial charge in [-0.1, -0.05) is 0 Å². The van der Waals surface area contributed by atoms with Crippen LogP contribution in [0.25, 0.3) is 0 Å². The Hall–Kier alpha value is -2.09. The van der Waals surface area contributed by atoms with E-state index in [1.165, 1.54) is 26.4 Å². The van der Waals surface area contributed by atoms with Crippen molar-refractivity contribution >= 4 is 5.91 Å². The van der Waals surface area contributed by atoms with E-state index in [-0.39, 0.29) is 40.8 Å². The third-order valence-electron chi connectivity index (χ3n) is 4.33. The summed E-state index contributed by atoms with van der Waals surface area (Å²) in [6.07, 6.45) is 2.75. The van der Waals surface area contributed by atoms with Gasteiger partial charge >= 0.3 is 6.61 Å². The summed E-state index contributed by atoms with van der Waals surface area (Å²) in [7, 11) is 2.63. The number of carbonyl (C=O) groups is 1. The summed E-state index contributed by atoms with van der Waals surface area (Å²) in [6.45, 7) is -0.559. The van der Waals surface area contributed by atoms with Crippen molar-refractivity contribution in [2.45, 2.75) is 44.9 Å². The van der Waals surface area contributed by atoms with Crippen molar-refractivity contribution in [2.24, 2.45) is 5.73 Å². The first kappa shape index (κ1) is 19.2. The third-order valence-corrected chi connectivity index (χ3v) is 4.33. The van der Waals surface area contributed by atoms with E-state index in [0.717, 1.165) is 19.3 Å². The van der Waals surface area contributed by atoms with Crippen LogP contribution in [0, 0.1) is 0 Å². The molecule has 25 heavy (non-hydrogen) atoms. The number of amides is 1. The van der Waals surface area contributed by atoms with E-state index in [9.17, 15) is 13.6 Å². The van der Waals surface area contributed by atoms with Crippen LogP contribution in [0.15, 0.2) is 12.1 Å². The number of alkyl halides is 2. The first-order valence-corrected chi connectivity index (χ1v) is 8.16. The number of ether oxygens (including phenoxy) is 3. The number of methoxy groups -OCH3 is 2. The molecule has 1 saturated heterocycles. The Balaban J connectivity index is 2.39. The molecule has 1 aliphatic rings. The summed E-state index contributed by atoms with van der Waals surface area (Å²) < 4.78 is 39.9. The number of carbonyl (C=O) groups excluding carboxylic acids is 1. The van der Waals surface area contributed by atoms with E-state index in [0.29, 0.717) is 6.54 Å². The van der Waals surface area contributed by atoms with Crippen LogP contribution in [0.2, 0.25) is 0 Å². The maximum Gasteiger partial charge on any atom is 0.387 e. The Morgan fingerprint density at radius 1 is 1.24 bits per heavy atom. The average Bonchev–Trinajstić information content (AvgIpc) is 2.60. The second kappa shape index (κ2) is 8.33. The van der Waals surface area contributed by atoms with Crippen molar-refractivity contribution in [3.8, 4) is 17.2 Å². The average molecular weight is 358 g/mol. The molecule has 1 heterocycles. The van der Waals surface area contributed by atoms with Gasteiger partial charge in [0, 0.05) is 24.2 Å². The topological polar surface area (TPSA) is 74.0 Å². The van der Waals surface area contributed by atoms with Gasteiger partial charge in [-0.15, -0.1) is 0 Å². The summed E-state index contributed by atoms with van der Waals surface area (Å²) >= 11 is 0. The fourth-order valence-corrected chi connectivity index (χ4v) is 3.13. The van der Waals surface area contributed by atoms with E-state index in [2.05, 4.69) is 4.74 Å². The number of hydrogen-bond donors (Lipinski definition) is 1. The molecule has 0 saturated carbocycles. The molecule has 1 amide bonds. The largest absolute Gasteiger partial charge is 0.493 e. The van der Waals surface area contributed by atoms with E-state index < -0.39 is 6.61 Å². The number of likely N-dealkylation sites (tertiary alicyclic amines) is 1. The van der Waals surface area contributed by atoms with E-state index in [1.807, 2.05) is 6.92 Å². The highest BCUT2D eigenvalue weighted by molar-refractivity contribution is 5.96. The lowest BCUT2D eigenvalue weighted by Crippen LogP contribution is -2.51. The van der Waals surface area contributed by atoms with E-state index in [1.54, 1.807) is 4.90 Å². The summed E-state index contributed by atoms with van der Waals surface area (Å²) in [5, 5.41) is 0. The van der Waals surface area contributed by atoms with Gasteiger partial charge in [-0.05, 0) is 38.3 Å². The first-order valence-electron chi connectivity index (χ1n) is 8.16. The smallest absolute Gasteiger partial charge is 0.387 e. The van der Waals surface area contributed by atoms with Gasteiger partial charge < -0.3 is 24.8 Å². The second-order valence-corrected chi connectivity index (χ2v) is 6.01. The lowest BCUT2D eigenvalue weighted by atomic mass is 9.96. The van der Waals surface area contributed by atoms with Gasteiger partial charge in [-0.3, -0.25) is 4.79 Å². The maximum atomic E-state index is 13.0. The minimum absolute atomic E-state index is 0.0114. The number of piperidine rings is 1. The van der Waals surface area contributed by atoms with Crippen LogP contribution in [0.3, 0.4) is 0 Å². The first-order chi connectivity index (χ1) is 11.9. The van der Waals surface area contributed by atoms with Crippen molar-refractivity contribution < 1.29 is 27.8 Å². The molecular formula is C17H24F2N2O4. The van der Waals surface area contributed by atoms with Crippen molar-refractivity contribution in [3.05, 3.63) is 17.7 Å². The fourth-order valence-electron chi connectivity index (χ4n) is 3.13. The van der Waals surface area contributed by atoms with Crippen molar-refractivity contribution in [2.75, 3.05) is 20.8 Å². The Morgan fingerprint density at radius 3 is 2.32 bits per heavy atom. The van der Waals surface area contributed by atoms with Crippen LogP contribution in [-0.4, -0.2) is 50.3 Å². The lowest BCUT2D eigenvalue weighted by molar-refractivity contribution is -0.0526. The van der Waals surface area contributed by atoms with E-state index >= 15 is 0 Å². The van der Waals surface area contributed by atoms with Gasteiger partial charge in [0.05, 0.1) is 14.2 Å². The Kier molecular flexibility index (Phi) is 6.41. The Bertz CT molecular complexity index is 585. The van der Waals surface area contributed by atoms with Crippen molar-refractivity contribution in [3.63, 3.8) is 0 Å². The molecule has 1 aliphatic heterocycles. The van der Waals surface area contributed by atoms with Gasteiger partial charge in [0.25, 0.3) is 5.91 Å². The Labute approximate surface area is 145 Å². The highest BCUT2D eigenvalue weighted by Crippen LogP contribution is 2.40. The molecule has 6 nitrogen and oxygen atoms in total. The molecule has 2 N–H and O–H groups in total. The molecule has 2 unspecified atom stereocenters. The number of nitrogens with two attached hydrogens (primary N) is 1. The van der Waals surface area contributed by atoms with Crippen LogP contribution in [-0.2, 0) is 0 Å². The van der Waals surface area contributed by atoms with Crippen LogP contribution in [0.5, 0.6) is 17.2 Å². The van der Waals surface area contributed by atoms with Gasteiger partial charge in [0.2, 0.25) is 5.75 Å². The minimum atomic E-state index is -3.03. The van der Waals surface area contributed by atoms with Crippen LogP contribution in [0.4, 0.5) is 8.78 Å². The molecule has 1 aromatic rings. The highest BCUT2D eigenvalue weighted by Gasteiger charge is 2.31. The van der Waals surface area contributed by atoms with Gasteiger partial charge in [0.15, 0.2) is 11.5 Å². The minimum Gasteiger partial charge on any atom is -0.493 e. The number of benzene rings is 1. The van der Waals surface area contributed by atoms with Crippen LogP contribution >= 0.6 is 0 Å². The molecule has 2 atom stereocenters. The zero-order chi connectivity index (χ0) is 18.6. The molecule has 8 heteroatoms. The maximum absolute atomic E-state index is 13.0. The SMILES string of the molecule is COc1cc(C(=O)N2CCCCC2C(C)N)cc(OC)c1OC(F)F. The Morgan fingerprint density at radius 2 is 1.84 bits per heavy atom. The fraction of sp³-hybridized carbons (Fsp3) is 0.588. The van der Waals surface area contributed by atoms with E-state index in [4.69, 9.17) is 15.2 Å². The molecule has 1 fully saturated rings. The monoisotopic (exact) mass is 358 g/mol. The predicted molar refractivity (Wildman–Crippen MR) is 88.5 cm³/mol. The number of rotatable bonds is 6. The van der Waals surface area contributed by atoms with Gasteiger partial charge in [0.1, 0.15) is 0 Å². The molecule has 2 rings (SSSR count). The predicted octanol–water partition coefficient (Wildman–Crippen LogP) is 2.65. The summed E-state index contributed by atoms with van der Waals surface area (Å²) in [5.41, 5.74) is 6.30. The molecule has 0 spiro atoms. The summed E-state index contributed by atoms with van der Waals surface area (Å²) in [4.78, 5) is 14.7. The number of halogens is 2. The van der Waals surface area contributed by atoms with Gasteiger partial charge in [-0.2, -0.15) is 8.78 Å². The second-order valence-electron chi connectivity index (χ2n) is 6.01. The summed E-state index contributed by atoms with van der Waals surface area (Å²) in [5.74, 6) is -0.448. The highest BCUT2D eigenvalue weighted by atomic mass is 19.3. The van der Waals surface area contributed by atoms with Crippen molar-refractivity contribution in [1.29, 1.82) is 0 Å². The molecule has 0 aromatic heterocycles. The van der Waals surface area contributed by atoms with Crippen molar-refractivity contribution in [1.82, 2.24) is 4.90 Å². The molecular weight excluding hydrogens is 334 g/mol. The number of hydrogen-bond acceptors (Lipinski definition) is 5. The van der Waals surface area contributed by atoms with Crippen LogP contribution < -0.4 is 19.9 Å². The standard InChI is InChI=1S/C17H24F2N2O4/c1-10(20)12-6-4-5-7-21(12)16(22)11-8-13(23-2)15(25-17(18)19)14(9-11)24-3/h8-10,12,17H,4-7,20H2,1-3H3. The normalized spacial score (nSPS) is 18.8. The summed E-state index contributed by atoms with van der Waals surface area (Å²) in [6, 6.07) is 2.55. The zero-order valence-corrected chi connectivity index (χ0v) is 14.6. The zero-order valence-electron chi connectivity index (χ0n) is 14.6. The number of nitrogens with zero attached hydrogens (tertiary/aromatic N) is 1. The molecule has 140 valence electrons. The lowest BCUT2D eigenvalue weighted by Gasteiger charge is -2.38. The quantitative estimate of drug-likeness (QED) is 0.846. The molecule has 0 aliphatic carbocycles. The molecule has 0 bridgehead atoms. The molecule has 1 aromatic carbocycles. The van der Waals surface area contributed by atoms with Crippen LogP contribution in [0.1, 0.15) is 36.5 Å². The van der Waals surface area contributed by atoms with Gasteiger partial charge in [-0.25, -0.2) is 0 Å².